The topological polar surface area (TPSA) is 83.8 Å². The Morgan fingerprint density at radius 1 is 1.50 bits per heavy atom. The molecule has 5 heteroatoms. The number of phenolic OH excluding ortho intramolecular Hbond substituents is 1. The molecule has 0 aliphatic heterocycles. The van der Waals surface area contributed by atoms with E-state index in [0.29, 0.717) is 30.3 Å². The van der Waals surface area contributed by atoms with Crippen molar-refractivity contribution in [3.8, 4) is 11.5 Å². The van der Waals surface area contributed by atoms with Crippen molar-refractivity contribution in [1.82, 2.24) is 0 Å². The first kappa shape index (κ1) is 12.4. The number of rotatable bonds is 5. The van der Waals surface area contributed by atoms with Crippen LogP contribution in [0.15, 0.2) is 12.1 Å². The number of aldehydes is 1. The van der Waals surface area contributed by atoms with Gasteiger partial charge < -0.3 is 14.9 Å². The van der Waals surface area contributed by atoms with Crippen LogP contribution in [0.4, 0.5) is 0 Å². The summed E-state index contributed by atoms with van der Waals surface area (Å²) in [7, 11) is 1.40. The van der Waals surface area contributed by atoms with Gasteiger partial charge in [-0.1, -0.05) is 0 Å². The second-order valence-corrected chi connectivity index (χ2v) is 4.58. The van der Waals surface area contributed by atoms with Gasteiger partial charge in [0, 0.05) is 11.0 Å². The maximum atomic E-state index is 11.1. The molecule has 1 aromatic rings. The van der Waals surface area contributed by atoms with Crippen LogP contribution in [0, 0.1) is 0 Å². The van der Waals surface area contributed by atoms with Crippen LogP contribution in [0.5, 0.6) is 11.5 Å². The highest BCUT2D eigenvalue weighted by Gasteiger charge is 2.47. The molecule has 0 radical (unpaired) electrons. The fourth-order valence-electron chi connectivity index (χ4n) is 2.29. The molecule has 5 nitrogen and oxygen atoms in total. The number of methoxy groups -OCH3 is 1. The van der Waals surface area contributed by atoms with E-state index in [1.807, 2.05) is 0 Å². The molecule has 0 unspecified atom stereocenters. The van der Waals surface area contributed by atoms with E-state index in [-0.39, 0.29) is 17.9 Å². The Morgan fingerprint density at radius 3 is 2.61 bits per heavy atom. The second-order valence-electron chi connectivity index (χ2n) is 4.58. The number of aliphatic carboxylic acids is 1. The van der Waals surface area contributed by atoms with Crippen LogP contribution in [0.2, 0.25) is 0 Å². The van der Waals surface area contributed by atoms with Crippen LogP contribution in [-0.4, -0.2) is 29.6 Å². The molecule has 1 aliphatic rings. The molecule has 1 fully saturated rings. The molecule has 1 saturated carbocycles. The van der Waals surface area contributed by atoms with Crippen LogP contribution in [0.3, 0.4) is 0 Å². The number of aromatic hydroxyl groups is 1. The molecule has 18 heavy (non-hydrogen) atoms. The lowest BCUT2D eigenvalue weighted by Gasteiger charge is -2.17. The highest BCUT2D eigenvalue weighted by molar-refractivity contribution is 5.81. The van der Waals surface area contributed by atoms with Gasteiger partial charge >= 0.3 is 5.97 Å². The van der Waals surface area contributed by atoms with E-state index < -0.39 is 11.4 Å². The smallest absolute Gasteiger partial charge is 0.304 e. The van der Waals surface area contributed by atoms with Crippen molar-refractivity contribution in [2.45, 2.75) is 24.7 Å². The van der Waals surface area contributed by atoms with E-state index in [9.17, 15) is 14.7 Å². The maximum Gasteiger partial charge on any atom is 0.304 e. The summed E-state index contributed by atoms with van der Waals surface area (Å²) < 4.78 is 4.93. The third kappa shape index (κ3) is 2.03. The van der Waals surface area contributed by atoms with Crippen LogP contribution in [0.25, 0.3) is 0 Å². The normalized spacial score (nSPS) is 16.1. The molecule has 1 aromatic carbocycles. The number of carboxylic acid groups (broad SMARTS) is 1. The van der Waals surface area contributed by atoms with E-state index in [0.717, 1.165) is 0 Å². The molecule has 0 heterocycles. The van der Waals surface area contributed by atoms with Crippen molar-refractivity contribution in [2.75, 3.05) is 7.11 Å². The second kappa shape index (κ2) is 4.33. The van der Waals surface area contributed by atoms with Crippen molar-refractivity contribution in [1.29, 1.82) is 0 Å². The first-order valence-electron chi connectivity index (χ1n) is 5.61. The van der Waals surface area contributed by atoms with E-state index in [2.05, 4.69) is 0 Å². The Morgan fingerprint density at radius 2 is 2.17 bits per heavy atom. The third-order valence-electron chi connectivity index (χ3n) is 3.39. The van der Waals surface area contributed by atoms with E-state index in [1.165, 1.54) is 19.2 Å². The largest absolute Gasteiger partial charge is 0.504 e. The molecular weight excluding hydrogens is 236 g/mol. The van der Waals surface area contributed by atoms with Gasteiger partial charge in [-0.15, -0.1) is 0 Å². The zero-order chi connectivity index (χ0) is 13.3. The summed E-state index contributed by atoms with van der Waals surface area (Å²) in [6.45, 7) is 0. The summed E-state index contributed by atoms with van der Waals surface area (Å²) in [6.07, 6.45) is 2.07. The van der Waals surface area contributed by atoms with Crippen molar-refractivity contribution in [3.05, 3.63) is 23.3 Å². The maximum absolute atomic E-state index is 11.1. The molecule has 0 atom stereocenters. The van der Waals surface area contributed by atoms with E-state index in [4.69, 9.17) is 9.84 Å². The monoisotopic (exact) mass is 250 g/mol. The van der Waals surface area contributed by atoms with Crippen LogP contribution < -0.4 is 4.74 Å². The van der Waals surface area contributed by atoms with E-state index in [1.54, 1.807) is 0 Å². The summed E-state index contributed by atoms with van der Waals surface area (Å²) >= 11 is 0. The number of carboxylic acids is 1. The summed E-state index contributed by atoms with van der Waals surface area (Å²) in [4.78, 5) is 21.9. The average molecular weight is 250 g/mol. The minimum absolute atomic E-state index is 0.0282. The Hall–Kier alpha value is -2.04. The Bertz CT molecular complexity index is 502. The van der Waals surface area contributed by atoms with Gasteiger partial charge in [-0.3, -0.25) is 9.59 Å². The van der Waals surface area contributed by atoms with Crippen molar-refractivity contribution in [2.24, 2.45) is 0 Å². The Balaban J connectivity index is 2.47. The van der Waals surface area contributed by atoms with Gasteiger partial charge in [0.2, 0.25) is 0 Å². The van der Waals surface area contributed by atoms with Gasteiger partial charge in [-0.05, 0) is 30.5 Å². The van der Waals surface area contributed by atoms with E-state index >= 15 is 0 Å². The molecule has 0 spiro atoms. The third-order valence-corrected chi connectivity index (χ3v) is 3.39. The standard InChI is InChI=1S/C13H14O5/c1-18-11-4-8(7-14)9(5-10(11)15)13(2-3-13)6-12(16)17/h4-5,7,15H,2-3,6H2,1H3,(H,16,17). The zero-order valence-electron chi connectivity index (χ0n) is 9.97. The van der Waals surface area contributed by atoms with Gasteiger partial charge in [-0.2, -0.15) is 0 Å². The van der Waals surface area contributed by atoms with Gasteiger partial charge in [0.15, 0.2) is 11.5 Å². The predicted molar refractivity (Wildman–Crippen MR) is 63.2 cm³/mol. The van der Waals surface area contributed by atoms with Crippen LogP contribution >= 0.6 is 0 Å². The Labute approximate surface area is 104 Å². The van der Waals surface area contributed by atoms with Gasteiger partial charge in [0.1, 0.15) is 6.29 Å². The summed E-state index contributed by atoms with van der Waals surface area (Å²) in [6, 6.07) is 2.89. The average Bonchev–Trinajstić information content (AvgIpc) is 3.08. The summed E-state index contributed by atoms with van der Waals surface area (Å²) in [5.41, 5.74) is 0.466. The van der Waals surface area contributed by atoms with Gasteiger partial charge in [0.25, 0.3) is 0 Å². The summed E-state index contributed by atoms with van der Waals surface area (Å²) in [5.74, 6) is -0.763. The molecule has 2 rings (SSSR count). The van der Waals surface area contributed by atoms with Crippen molar-refractivity contribution in [3.63, 3.8) is 0 Å². The number of carbonyl (C=O) groups excluding carboxylic acids is 1. The fraction of sp³-hybridized carbons (Fsp3) is 0.385. The van der Waals surface area contributed by atoms with Crippen molar-refractivity contribution >= 4 is 12.3 Å². The number of carbonyl (C=O) groups is 2. The van der Waals surface area contributed by atoms with Crippen molar-refractivity contribution < 1.29 is 24.5 Å². The minimum Gasteiger partial charge on any atom is -0.504 e. The number of hydrogen-bond acceptors (Lipinski definition) is 4. The first-order valence-corrected chi connectivity index (χ1v) is 5.61. The fourth-order valence-corrected chi connectivity index (χ4v) is 2.29. The lowest BCUT2D eigenvalue weighted by atomic mass is 9.88. The quantitative estimate of drug-likeness (QED) is 0.777. The number of benzene rings is 1. The predicted octanol–water partition coefficient (Wildman–Crippen LogP) is 1.72. The molecule has 96 valence electrons. The lowest BCUT2D eigenvalue weighted by Crippen LogP contribution is -2.15. The SMILES string of the molecule is COc1cc(C=O)c(C2(CC(=O)O)CC2)cc1O. The highest BCUT2D eigenvalue weighted by atomic mass is 16.5. The minimum atomic E-state index is -0.903. The Kier molecular flexibility index (Phi) is 2.98. The lowest BCUT2D eigenvalue weighted by molar-refractivity contribution is -0.137. The zero-order valence-corrected chi connectivity index (χ0v) is 9.97. The molecule has 0 bridgehead atoms. The summed E-state index contributed by atoms with van der Waals surface area (Å²) in [5, 5.41) is 18.7. The molecule has 0 aromatic heterocycles. The number of ether oxygens (including phenoxy) is 1. The molecule has 0 saturated heterocycles. The van der Waals surface area contributed by atoms with Gasteiger partial charge in [0.05, 0.1) is 13.5 Å². The number of phenols is 1. The molecular formula is C13H14O5. The number of hydrogen-bond donors (Lipinski definition) is 2. The first-order chi connectivity index (χ1) is 8.52. The molecule has 1 aliphatic carbocycles. The van der Waals surface area contributed by atoms with Gasteiger partial charge in [-0.25, -0.2) is 0 Å². The molecule has 2 N–H and O–H groups in total. The highest BCUT2D eigenvalue weighted by Crippen LogP contribution is 2.53. The van der Waals surface area contributed by atoms with Crippen LogP contribution in [0.1, 0.15) is 35.2 Å². The van der Waals surface area contributed by atoms with Crippen LogP contribution in [-0.2, 0) is 10.2 Å². The molecule has 0 amide bonds.